The van der Waals surface area contributed by atoms with E-state index >= 15 is 0 Å². The molecule has 1 aliphatic heterocycles. The molecular formula is C21H19N5OS. The van der Waals surface area contributed by atoms with E-state index in [1.807, 2.05) is 41.1 Å². The Hall–Kier alpha value is -2.93. The number of benzene rings is 1. The summed E-state index contributed by atoms with van der Waals surface area (Å²) in [4.78, 5) is 22.0. The van der Waals surface area contributed by atoms with Gasteiger partial charge in [0.2, 0.25) is 11.1 Å². The summed E-state index contributed by atoms with van der Waals surface area (Å²) in [5.74, 6) is 1.65. The number of carbonyl (C=O) groups is 1. The number of thioether (sulfide) groups is 1. The molecular weight excluding hydrogens is 370 g/mol. The zero-order valence-electron chi connectivity index (χ0n) is 15.2. The number of carbonyl (C=O) groups excluding carboxylic acids is 1. The van der Waals surface area contributed by atoms with Crippen LogP contribution in [0, 0.1) is 0 Å². The molecule has 5 rings (SSSR count). The Balaban J connectivity index is 1.51. The van der Waals surface area contributed by atoms with Gasteiger partial charge >= 0.3 is 0 Å². The maximum atomic E-state index is 12.7. The summed E-state index contributed by atoms with van der Waals surface area (Å²) in [7, 11) is 0. The summed E-state index contributed by atoms with van der Waals surface area (Å²) in [5, 5.41) is 8.78. The molecule has 3 heterocycles. The second-order valence-electron chi connectivity index (χ2n) is 6.89. The molecule has 1 aromatic carbocycles. The van der Waals surface area contributed by atoms with E-state index in [0.29, 0.717) is 17.5 Å². The molecule has 1 N–H and O–H groups in total. The molecule has 0 fully saturated rings. The molecule has 2 aromatic heterocycles. The number of hydrogen-bond donors (Lipinski definition) is 1. The van der Waals surface area contributed by atoms with E-state index in [2.05, 4.69) is 27.4 Å². The van der Waals surface area contributed by atoms with Gasteiger partial charge in [-0.2, -0.15) is 4.98 Å². The minimum absolute atomic E-state index is 0.170. The van der Waals surface area contributed by atoms with Crippen LogP contribution in [-0.2, 0) is 10.5 Å². The normalized spacial score (nSPS) is 18.4. The predicted molar refractivity (Wildman–Crippen MR) is 108 cm³/mol. The fraction of sp³-hybridized carbons (Fsp3) is 0.238. The average Bonchev–Trinajstić information content (AvgIpc) is 3.15. The first-order valence-corrected chi connectivity index (χ1v) is 10.4. The number of hydrogen-bond acceptors (Lipinski definition) is 6. The lowest BCUT2D eigenvalue weighted by atomic mass is 9.87. The van der Waals surface area contributed by atoms with Gasteiger partial charge in [0.25, 0.3) is 0 Å². The quantitative estimate of drug-likeness (QED) is 0.680. The van der Waals surface area contributed by atoms with E-state index in [9.17, 15) is 4.79 Å². The van der Waals surface area contributed by atoms with Crippen molar-refractivity contribution in [2.45, 2.75) is 36.2 Å². The molecule has 0 saturated heterocycles. The highest BCUT2D eigenvalue weighted by atomic mass is 32.2. The second-order valence-corrected chi connectivity index (χ2v) is 7.83. The lowest BCUT2D eigenvalue weighted by Gasteiger charge is -2.31. The number of pyridine rings is 1. The van der Waals surface area contributed by atoms with E-state index in [4.69, 9.17) is 5.10 Å². The molecule has 0 saturated carbocycles. The van der Waals surface area contributed by atoms with Crippen molar-refractivity contribution < 1.29 is 4.79 Å². The van der Waals surface area contributed by atoms with Gasteiger partial charge in [0, 0.05) is 29.6 Å². The van der Waals surface area contributed by atoms with Crippen LogP contribution in [0.2, 0.25) is 0 Å². The van der Waals surface area contributed by atoms with Crippen molar-refractivity contribution in [2.75, 3.05) is 5.32 Å². The largest absolute Gasteiger partial charge is 0.328 e. The van der Waals surface area contributed by atoms with Crippen LogP contribution in [0.25, 0.3) is 0 Å². The van der Waals surface area contributed by atoms with Gasteiger partial charge in [-0.15, -0.1) is 5.10 Å². The number of rotatable bonds is 4. The molecule has 2 aliphatic rings. The standard InChI is InChI=1S/C21H19N5OS/c27-17-11-6-10-15-18(17)19(16-9-4-5-12-22-16)26-20(23-15)24-21(25-26)28-13-14-7-2-1-3-8-14/h1-5,7-9,12,19H,6,10-11,13H2,(H,23,24,25)/t19-/m1/s1. The molecule has 1 aliphatic carbocycles. The van der Waals surface area contributed by atoms with Crippen molar-refractivity contribution >= 4 is 23.5 Å². The van der Waals surface area contributed by atoms with Crippen LogP contribution in [-0.4, -0.2) is 25.5 Å². The van der Waals surface area contributed by atoms with Crippen molar-refractivity contribution in [2.24, 2.45) is 0 Å². The highest BCUT2D eigenvalue weighted by Crippen LogP contribution is 2.40. The number of Topliss-reactive ketones (excluding diaryl/α,β-unsaturated/α-hetero) is 1. The molecule has 0 radical (unpaired) electrons. The Bertz CT molecular complexity index is 1050. The molecule has 1 atom stereocenters. The average molecular weight is 389 g/mol. The van der Waals surface area contributed by atoms with E-state index in [1.165, 1.54) is 5.56 Å². The minimum atomic E-state index is -0.321. The third-order valence-corrected chi connectivity index (χ3v) is 5.94. The summed E-state index contributed by atoms with van der Waals surface area (Å²) >= 11 is 1.59. The van der Waals surface area contributed by atoms with Crippen molar-refractivity contribution in [3.05, 3.63) is 77.3 Å². The lowest BCUT2D eigenvalue weighted by molar-refractivity contribution is -0.116. The third kappa shape index (κ3) is 3.11. The number of ketones is 1. The number of fused-ring (bicyclic) bond motifs is 1. The van der Waals surface area contributed by atoms with Crippen molar-refractivity contribution in [1.82, 2.24) is 19.7 Å². The van der Waals surface area contributed by atoms with Gasteiger partial charge in [0.05, 0.1) is 5.69 Å². The Morgan fingerprint density at radius 3 is 2.79 bits per heavy atom. The second kappa shape index (κ2) is 7.24. The summed E-state index contributed by atoms with van der Waals surface area (Å²) < 4.78 is 1.82. The van der Waals surface area contributed by atoms with E-state index < -0.39 is 0 Å². The van der Waals surface area contributed by atoms with Crippen molar-refractivity contribution in [3.63, 3.8) is 0 Å². The monoisotopic (exact) mass is 389 g/mol. The summed E-state index contributed by atoms with van der Waals surface area (Å²) in [6.07, 6.45) is 4.04. The smallest absolute Gasteiger partial charge is 0.227 e. The molecule has 0 unspecified atom stereocenters. The Labute approximate surface area is 167 Å². The first-order chi connectivity index (χ1) is 13.8. The lowest BCUT2D eigenvalue weighted by Crippen LogP contribution is -2.32. The molecule has 6 nitrogen and oxygen atoms in total. The van der Waals surface area contributed by atoms with Gasteiger partial charge in [0.1, 0.15) is 6.04 Å². The first-order valence-electron chi connectivity index (χ1n) is 9.37. The zero-order chi connectivity index (χ0) is 18.9. The molecule has 28 heavy (non-hydrogen) atoms. The van der Waals surface area contributed by atoms with Gasteiger partial charge in [-0.05, 0) is 30.5 Å². The van der Waals surface area contributed by atoms with Crippen LogP contribution in [0.5, 0.6) is 0 Å². The zero-order valence-corrected chi connectivity index (χ0v) is 16.0. The Morgan fingerprint density at radius 2 is 1.96 bits per heavy atom. The maximum Gasteiger partial charge on any atom is 0.227 e. The SMILES string of the molecule is O=C1CCCC2=C1[C@@H](c1ccccn1)n1nc(SCc3ccccc3)nc1N2. The number of nitrogens with one attached hydrogen (secondary N) is 1. The van der Waals surface area contributed by atoms with Crippen LogP contribution in [0.4, 0.5) is 5.95 Å². The summed E-state index contributed by atoms with van der Waals surface area (Å²) in [6.45, 7) is 0. The van der Waals surface area contributed by atoms with Crippen molar-refractivity contribution in [1.29, 1.82) is 0 Å². The Morgan fingerprint density at radius 1 is 1.11 bits per heavy atom. The van der Waals surface area contributed by atoms with Crippen LogP contribution in [0.15, 0.2) is 71.2 Å². The number of allylic oxidation sites excluding steroid dienone is 2. The summed E-state index contributed by atoms with van der Waals surface area (Å²) in [6, 6.07) is 15.7. The van der Waals surface area contributed by atoms with E-state index in [-0.39, 0.29) is 11.8 Å². The topological polar surface area (TPSA) is 72.7 Å². The van der Waals surface area contributed by atoms with E-state index in [1.54, 1.807) is 18.0 Å². The maximum absolute atomic E-state index is 12.7. The fourth-order valence-corrected chi connectivity index (χ4v) is 4.52. The van der Waals surface area contributed by atoms with Gasteiger partial charge < -0.3 is 5.32 Å². The van der Waals surface area contributed by atoms with Crippen LogP contribution in [0.1, 0.15) is 36.6 Å². The Kier molecular flexibility index (Phi) is 4.44. The fourth-order valence-electron chi connectivity index (χ4n) is 3.73. The van der Waals surface area contributed by atoms with Gasteiger partial charge in [0.15, 0.2) is 5.78 Å². The first kappa shape index (κ1) is 17.2. The van der Waals surface area contributed by atoms with Gasteiger partial charge in [-0.25, -0.2) is 4.68 Å². The molecule has 140 valence electrons. The van der Waals surface area contributed by atoms with Crippen LogP contribution < -0.4 is 5.32 Å². The molecule has 0 spiro atoms. The summed E-state index contributed by atoms with van der Waals surface area (Å²) in [5.41, 5.74) is 3.79. The number of anilines is 1. The van der Waals surface area contributed by atoms with Gasteiger partial charge in [-0.1, -0.05) is 48.2 Å². The predicted octanol–water partition coefficient (Wildman–Crippen LogP) is 3.99. The third-order valence-electron chi connectivity index (χ3n) is 5.03. The number of nitrogens with zero attached hydrogens (tertiary/aromatic N) is 4. The highest BCUT2D eigenvalue weighted by molar-refractivity contribution is 7.98. The van der Waals surface area contributed by atoms with Crippen LogP contribution >= 0.6 is 11.8 Å². The molecule has 7 heteroatoms. The van der Waals surface area contributed by atoms with Gasteiger partial charge in [-0.3, -0.25) is 9.78 Å². The minimum Gasteiger partial charge on any atom is -0.328 e. The highest BCUT2D eigenvalue weighted by Gasteiger charge is 2.37. The van der Waals surface area contributed by atoms with E-state index in [0.717, 1.165) is 35.6 Å². The molecule has 3 aromatic rings. The molecule has 0 bridgehead atoms. The van der Waals surface area contributed by atoms with Crippen LogP contribution in [0.3, 0.4) is 0 Å². The number of aromatic nitrogens is 4. The molecule has 0 amide bonds. The van der Waals surface area contributed by atoms with Crippen molar-refractivity contribution in [3.8, 4) is 0 Å².